The molecule has 0 aromatic heterocycles. The predicted molar refractivity (Wildman–Crippen MR) is 130 cm³/mol. The van der Waals surface area contributed by atoms with Gasteiger partial charge >= 0.3 is 0 Å². The number of carbonyl (C=O) groups excluding carboxylic acids is 1. The van der Waals surface area contributed by atoms with Crippen LogP contribution in [0.5, 0.6) is 0 Å². The van der Waals surface area contributed by atoms with Crippen LogP contribution in [0.3, 0.4) is 0 Å². The van der Waals surface area contributed by atoms with Gasteiger partial charge in [-0.2, -0.15) is 21.3 Å². The van der Waals surface area contributed by atoms with Crippen LogP contribution in [0.2, 0.25) is 0 Å². The number of carbonyl (C=O) groups is 1. The minimum atomic E-state index is -3.76. The molecule has 2 aliphatic rings. The SMILES string of the molecule is N#Cc1ccccc1S(=O)(=O)N1CCC(C(=O)Nc2ccccc2CN2CCSCC2)CC1. The van der Waals surface area contributed by atoms with Crippen LogP contribution in [-0.2, 0) is 21.4 Å². The summed E-state index contributed by atoms with van der Waals surface area (Å²) in [7, 11) is -3.76. The van der Waals surface area contributed by atoms with E-state index in [4.69, 9.17) is 0 Å². The molecule has 0 saturated carbocycles. The molecule has 9 heteroatoms. The molecule has 2 aromatic rings. The van der Waals surface area contributed by atoms with Gasteiger partial charge in [-0.25, -0.2) is 8.42 Å². The molecule has 4 rings (SSSR count). The van der Waals surface area contributed by atoms with Crippen LogP contribution in [0.15, 0.2) is 53.4 Å². The topological polar surface area (TPSA) is 93.5 Å². The van der Waals surface area contributed by atoms with Crippen LogP contribution in [0, 0.1) is 17.2 Å². The van der Waals surface area contributed by atoms with E-state index in [0.717, 1.165) is 42.4 Å². The zero-order valence-corrected chi connectivity index (χ0v) is 20.1. The summed E-state index contributed by atoms with van der Waals surface area (Å²) in [6, 6.07) is 16.1. The first kappa shape index (κ1) is 23.8. The van der Waals surface area contributed by atoms with Gasteiger partial charge in [-0.15, -0.1) is 0 Å². The molecule has 0 unspecified atom stereocenters. The molecule has 0 bridgehead atoms. The van der Waals surface area contributed by atoms with Gasteiger partial charge in [-0.05, 0) is 36.6 Å². The number of nitriles is 1. The second kappa shape index (κ2) is 10.7. The molecule has 33 heavy (non-hydrogen) atoms. The Morgan fingerprint density at radius 1 is 1.03 bits per heavy atom. The lowest BCUT2D eigenvalue weighted by Crippen LogP contribution is -2.41. The largest absolute Gasteiger partial charge is 0.326 e. The molecule has 0 spiro atoms. The summed E-state index contributed by atoms with van der Waals surface area (Å²) >= 11 is 1.97. The summed E-state index contributed by atoms with van der Waals surface area (Å²) in [4.78, 5) is 15.4. The third-order valence-electron chi connectivity index (χ3n) is 6.22. The second-order valence-corrected chi connectivity index (χ2v) is 11.5. The quantitative estimate of drug-likeness (QED) is 0.677. The minimum absolute atomic E-state index is 0.0282. The van der Waals surface area contributed by atoms with Crippen molar-refractivity contribution in [3.05, 3.63) is 59.7 Å². The Morgan fingerprint density at radius 3 is 2.42 bits per heavy atom. The summed E-state index contributed by atoms with van der Waals surface area (Å²) in [5.74, 6) is 1.96. The highest BCUT2D eigenvalue weighted by Crippen LogP contribution is 2.27. The lowest BCUT2D eigenvalue weighted by Gasteiger charge is -2.31. The number of benzene rings is 2. The maximum atomic E-state index is 13.0. The van der Waals surface area contributed by atoms with E-state index in [1.54, 1.807) is 12.1 Å². The Hall–Kier alpha value is -2.38. The first-order chi connectivity index (χ1) is 16.0. The van der Waals surface area contributed by atoms with E-state index in [2.05, 4.69) is 16.3 Å². The van der Waals surface area contributed by atoms with E-state index in [1.165, 1.54) is 16.4 Å². The minimum Gasteiger partial charge on any atom is -0.326 e. The molecule has 174 valence electrons. The van der Waals surface area contributed by atoms with Crippen molar-refractivity contribution in [2.45, 2.75) is 24.3 Å². The molecule has 2 saturated heterocycles. The summed E-state index contributed by atoms with van der Waals surface area (Å²) in [5.41, 5.74) is 2.07. The Kier molecular flexibility index (Phi) is 7.71. The number of amides is 1. The lowest BCUT2D eigenvalue weighted by molar-refractivity contribution is -0.120. The van der Waals surface area contributed by atoms with Crippen LogP contribution >= 0.6 is 11.8 Å². The molecular weight excluding hydrogens is 456 g/mol. The van der Waals surface area contributed by atoms with Crippen LogP contribution in [0.1, 0.15) is 24.0 Å². The van der Waals surface area contributed by atoms with E-state index in [-0.39, 0.29) is 35.4 Å². The van der Waals surface area contributed by atoms with Crippen molar-refractivity contribution >= 4 is 33.4 Å². The summed E-state index contributed by atoms with van der Waals surface area (Å²) in [6.45, 7) is 3.43. The molecule has 1 N–H and O–H groups in total. The lowest BCUT2D eigenvalue weighted by atomic mass is 9.97. The van der Waals surface area contributed by atoms with E-state index >= 15 is 0 Å². The molecule has 2 heterocycles. The maximum absolute atomic E-state index is 13.0. The monoisotopic (exact) mass is 484 g/mol. The predicted octanol–water partition coefficient (Wildman–Crippen LogP) is 3.15. The maximum Gasteiger partial charge on any atom is 0.244 e. The molecule has 7 nitrogen and oxygen atoms in total. The zero-order valence-electron chi connectivity index (χ0n) is 18.4. The van der Waals surface area contributed by atoms with Gasteiger partial charge in [-0.1, -0.05) is 30.3 Å². The fourth-order valence-corrected chi connectivity index (χ4v) is 6.89. The first-order valence-electron chi connectivity index (χ1n) is 11.2. The average molecular weight is 485 g/mol. The number of hydrogen-bond acceptors (Lipinski definition) is 6. The van der Waals surface area contributed by atoms with Crippen LogP contribution < -0.4 is 5.32 Å². The van der Waals surface area contributed by atoms with E-state index in [1.807, 2.05) is 36.0 Å². The summed E-state index contributed by atoms with van der Waals surface area (Å²) in [6.07, 6.45) is 0.899. The molecule has 0 radical (unpaired) electrons. The summed E-state index contributed by atoms with van der Waals surface area (Å²) in [5, 5.41) is 12.4. The average Bonchev–Trinajstić information content (AvgIpc) is 2.86. The number of rotatable bonds is 6. The molecular formula is C24H28N4O3S2. The number of thioether (sulfide) groups is 1. The molecule has 2 aliphatic heterocycles. The first-order valence-corrected chi connectivity index (χ1v) is 13.8. The van der Waals surface area contributed by atoms with E-state index in [0.29, 0.717) is 12.8 Å². The molecule has 0 atom stereocenters. The number of nitrogens with zero attached hydrogens (tertiary/aromatic N) is 3. The molecule has 1 amide bonds. The molecule has 2 fully saturated rings. The number of piperidine rings is 1. The van der Waals surface area contributed by atoms with E-state index in [9.17, 15) is 18.5 Å². The fourth-order valence-electron chi connectivity index (χ4n) is 4.30. The third-order valence-corrected chi connectivity index (χ3v) is 9.12. The highest BCUT2D eigenvalue weighted by atomic mass is 32.2. The van der Waals surface area contributed by atoms with Gasteiger partial charge in [0.25, 0.3) is 0 Å². The van der Waals surface area contributed by atoms with Gasteiger partial charge in [0, 0.05) is 55.8 Å². The Morgan fingerprint density at radius 2 is 1.70 bits per heavy atom. The Labute approximate surface area is 199 Å². The highest BCUT2D eigenvalue weighted by molar-refractivity contribution is 7.99. The smallest absolute Gasteiger partial charge is 0.244 e. The number of hydrogen-bond donors (Lipinski definition) is 1. The van der Waals surface area contributed by atoms with Crippen molar-refractivity contribution in [3.63, 3.8) is 0 Å². The van der Waals surface area contributed by atoms with Gasteiger partial charge in [0.2, 0.25) is 15.9 Å². The van der Waals surface area contributed by atoms with Crippen molar-refractivity contribution < 1.29 is 13.2 Å². The number of nitrogens with one attached hydrogen (secondary N) is 1. The Balaban J connectivity index is 1.38. The van der Waals surface area contributed by atoms with Crippen LogP contribution in [0.4, 0.5) is 5.69 Å². The normalized spacial score (nSPS) is 18.5. The van der Waals surface area contributed by atoms with Crippen molar-refractivity contribution in [2.24, 2.45) is 5.92 Å². The van der Waals surface area contributed by atoms with Gasteiger partial charge in [0.15, 0.2) is 0 Å². The van der Waals surface area contributed by atoms with Crippen molar-refractivity contribution in [1.82, 2.24) is 9.21 Å². The molecule has 2 aromatic carbocycles. The van der Waals surface area contributed by atoms with Gasteiger partial charge in [0.05, 0.1) is 10.5 Å². The zero-order chi connectivity index (χ0) is 23.3. The number of sulfonamides is 1. The number of para-hydroxylation sites is 1. The van der Waals surface area contributed by atoms with Crippen molar-refractivity contribution in [1.29, 1.82) is 5.26 Å². The van der Waals surface area contributed by atoms with Crippen LogP contribution in [0.25, 0.3) is 0 Å². The highest BCUT2D eigenvalue weighted by Gasteiger charge is 2.33. The van der Waals surface area contributed by atoms with Gasteiger partial charge in [0.1, 0.15) is 6.07 Å². The third kappa shape index (κ3) is 5.58. The fraction of sp³-hybridized carbons (Fsp3) is 0.417. The standard InChI is InChI=1S/C24H28N4O3S2/c25-17-20-5-2-4-8-23(20)33(30,31)28-11-9-19(10-12-28)24(29)26-22-7-3-1-6-21(22)18-27-13-15-32-16-14-27/h1-8,19H,9-16,18H2,(H,26,29). The number of anilines is 1. The Bertz CT molecular complexity index is 1130. The second-order valence-electron chi connectivity index (χ2n) is 8.32. The van der Waals surface area contributed by atoms with Crippen molar-refractivity contribution in [3.8, 4) is 6.07 Å². The van der Waals surface area contributed by atoms with Crippen molar-refractivity contribution in [2.75, 3.05) is 43.0 Å². The summed E-state index contributed by atoms with van der Waals surface area (Å²) < 4.78 is 27.5. The van der Waals surface area contributed by atoms with Gasteiger partial charge in [-0.3, -0.25) is 9.69 Å². The van der Waals surface area contributed by atoms with Gasteiger partial charge < -0.3 is 5.32 Å². The van der Waals surface area contributed by atoms with Crippen LogP contribution in [-0.4, -0.2) is 61.2 Å². The molecule has 0 aliphatic carbocycles. The van der Waals surface area contributed by atoms with E-state index < -0.39 is 10.0 Å².